The van der Waals surface area contributed by atoms with Crippen LogP contribution in [0.1, 0.15) is 55.3 Å². The van der Waals surface area contributed by atoms with Gasteiger partial charge < -0.3 is 10.2 Å². The second kappa shape index (κ2) is 7.18. The van der Waals surface area contributed by atoms with Crippen LogP contribution in [0.5, 0.6) is 0 Å². The van der Waals surface area contributed by atoms with Gasteiger partial charge in [-0.1, -0.05) is 0 Å². The van der Waals surface area contributed by atoms with Crippen molar-refractivity contribution in [2.75, 3.05) is 23.9 Å². The maximum absolute atomic E-state index is 12.9. The van der Waals surface area contributed by atoms with Gasteiger partial charge >= 0.3 is 0 Å². The Labute approximate surface area is 182 Å². The zero-order valence-corrected chi connectivity index (χ0v) is 18.6. The van der Waals surface area contributed by atoms with Gasteiger partial charge in [-0.25, -0.2) is 8.42 Å². The SMILES string of the molecule is CN(C(=O)c1ccc(NC23CC4CC(CC(C4)C2)C3)c([N+](=O)[O-])c1)C1CCS(=O)(=O)C1. The lowest BCUT2D eigenvalue weighted by molar-refractivity contribution is -0.384. The van der Waals surface area contributed by atoms with Gasteiger partial charge in [0.15, 0.2) is 9.84 Å². The van der Waals surface area contributed by atoms with Crippen LogP contribution in [0.2, 0.25) is 0 Å². The van der Waals surface area contributed by atoms with Crippen LogP contribution < -0.4 is 5.32 Å². The van der Waals surface area contributed by atoms with Crippen molar-refractivity contribution in [3.8, 4) is 0 Å². The molecule has 0 aromatic heterocycles. The first-order chi connectivity index (χ1) is 14.6. The van der Waals surface area contributed by atoms with E-state index in [1.165, 1.54) is 30.2 Å². The molecule has 1 atom stereocenters. The van der Waals surface area contributed by atoms with Crippen LogP contribution in [0.3, 0.4) is 0 Å². The largest absolute Gasteiger partial charge is 0.374 e. The maximum atomic E-state index is 12.9. The molecule has 168 valence electrons. The van der Waals surface area contributed by atoms with Gasteiger partial charge in [0.2, 0.25) is 0 Å². The first-order valence-electron chi connectivity index (χ1n) is 11.2. The monoisotopic (exact) mass is 447 g/mol. The molecular weight excluding hydrogens is 418 g/mol. The van der Waals surface area contributed by atoms with Crippen LogP contribution in [0.15, 0.2) is 18.2 Å². The molecule has 8 nitrogen and oxygen atoms in total. The van der Waals surface area contributed by atoms with Gasteiger partial charge in [0, 0.05) is 30.3 Å². The third kappa shape index (κ3) is 3.81. The second-order valence-corrected chi connectivity index (χ2v) is 12.5. The van der Waals surface area contributed by atoms with Crippen molar-refractivity contribution in [2.24, 2.45) is 17.8 Å². The van der Waals surface area contributed by atoms with Crippen LogP contribution >= 0.6 is 0 Å². The van der Waals surface area contributed by atoms with E-state index in [1.807, 2.05) is 0 Å². The molecule has 1 heterocycles. The van der Waals surface area contributed by atoms with E-state index in [2.05, 4.69) is 5.32 Å². The van der Waals surface area contributed by atoms with E-state index in [0.717, 1.165) is 37.0 Å². The molecule has 1 saturated heterocycles. The summed E-state index contributed by atoms with van der Waals surface area (Å²) >= 11 is 0. The highest BCUT2D eigenvalue weighted by atomic mass is 32.2. The number of nitrogens with one attached hydrogen (secondary N) is 1. The molecule has 1 aromatic rings. The molecule has 4 aliphatic carbocycles. The van der Waals surface area contributed by atoms with Crippen molar-refractivity contribution in [3.05, 3.63) is 33.9 Å². The summed E-state index contributed by atoms with van der Waals surface area (Å²) in [5, 5.41) is 15.4. The van der Waals surface area contributed by atoms with E-state index < -0.39 is 14.8 Å². The standard InChI is InChI=1S/C22H29N3O5S/c1-24(18-4-5-31(29,30)13-18)21(26)17-2-3-19(20(9-17)25(27)28)23-22-10-14-6-15(11-22)8-16(7-14)12-22/h2-3,9,14-16,18,23H,4-8,10-13H2,1H3. The van der Waals surface area contributed by atoms with Crippen LogP contribution in [0.4, 0.5) is 11.4 Å². The average Bonchev–Trinajstić information content (AvgIpc) is 3.05. The predicted molar refractivity (Wildman–Crippen MR) is 117 cm³/mol. The lowest BCUT2D eigenvalue weighted by Gasteiger charge is -2.57. The number of nitro groups is 1. The summed E-state index contributed by atoms with van der Waals surface area (Å²) in [5.74, 6) is 1.79. The highest BCUT2D eigenvalue weighted by Crippen LogP contribution is 2.57. The number of hydrogen-bond donors (Lipinski definition) is 1. The Morgan fingerprint density at radius 1 is 1.16 bits per heavy atom. The summed E-state index contributed by atoms with van der Waals surface area (Å²) in [7, 11) is -1.55. The summed E-state index contributed by atoms with van der Waals surface area (Å²) in [6, 6.07) is 4.23. The minimum atomic E-state index is -3.12. The lowest BCUT2D eigenvalue weighted by atomic mass is 9.53. The average molecular weight is 448 g/mol. The second-order valence-electron chi connectivity index (χ2n) is 10.3. The van der Waals surface area contributed by atoms with Crippen molar-refractivity contribution >= 4 is 27.1 Å². The molecule has 1 aliphatic heterocycles. The van der Waals surface area contributed by atoms with E-state index in [1.54, 1.807) is 19.2 Å². The number of nitro benzene ring substituents is 1. The number of anilines is 1. The molecule has 6 rings (SSSR count). The number of benzene rings is 1. The van der Waals surface area contributed by atoms with Crippen molar-refractivity contribution in [1.82, 2.24) is 4.90 Å². The first kappa shape index (κ1) is 20.7. The van der Waals surface area contributed by atoms with E-state index in [0.29, 0.717) is 12.1 Å². The summed E-state index contributed by atoms with van der Waals surface area (Å²) in [6.45, 7) is 0. The number of hydrogen-bond acceptors (Lipinski definition) is 6. The third-order valence-corrected chi connectivity index (χ3v) is 9.71. The van der Waals surface area contributed by atoms with Crippen molar-refractivity contribution in [3.63, 3.8) is 0 Å². The van der Waals surface area contributed by atoms with Crippen LogP contribution in [0, 0.1) is 27.9 Å². The molecule has 1 aromatic carbocycles. The van der Waals surface area contributed by atoms with Crippen LogP contribution in [0.25, 0.3) is 0 Å². The Hall–Kier alpha value is -2.16. The van der Waals surface area contributed by atoms with Crippen LogP contribution in [-0.2, 0) is 9.84 Å². The molecule has 1 N–H and O–H groups in total. The molecule has 31 heavy (non-hydrogen) atoms. The number of carbonyl (C=O) groups excluding carboxylic acids is 1. The third-order valence-electron chi connectivity index (χ3n) is 7.96. The normalized spacial score (nSPS) is 35.1. The summed E-state index contributed by atoms with van der Waals surface area (Å²) in [4.78, 5) is 25.8. The van der Waals surface area contributed by atoms with E-state index in [9.17, 15) is 23.3 Å². The highest BCUT2D eigenvalue weighted by molar-refractivity contribution is 7.91. The molecule has 1 amide bonds. The molecule has 4 saturated carbocycles. The van der Waals surface area contributed by atoms with Gasteiger partial charge in [-0.3, -0.25) is 14.9 Å². The minimum absolute atomic E-state index is 0.0526. The Bertz CT molecular complexity index is 1000. The van der Waals surface area contributed by atoms with E-state index in [4.69, 9.17) is 0 Å². The number of rotatable bonds is 5. The first-order valence-corrected chi connectivity index (χ1v) is 13.0. The fourth-order valence-electron chi connectivity index (χ4n) is 6.92. The summed E-state index contributed by atoms with van der Waals surface area (Å²) in [6.07, 6.45) is 7.47. The fraction of sp³-hybridized carbons (Fsp3) is 0.682. The molecule has 5 aliphatic rings. The Kier molecular flexibility index (Phi) is 4.80. The van der Waals surface area contributed by atoms with Gasteiger partial charge in [-0.15, -0.1) is 0 Å². The lowest BCUT2D eigenvalue weighted by Crippen LogP contribution is -2.54. The van der Waals surface area contributed by atoms with Crippen molar-refractivity contribution in [1.29, 1.82) is 0 Å². The number of nitrogens with zero attached hydrogens (tertiary/aromatic N) is 2. The highest BCUT2D eigenvalue weighted by Gasteiger charge is 2.51. The van der Waals surface area contributed by atoms with Gasteiger partial charge in [0.05, 0.1) is 16.4 Å². The maximum Gasteiger partial charge on any atom is 0.293 e. The smallest absolute Gasteiger partial charge is 0.293 e. The Morgan fingerprint density at radius 2 is 1.77 bits per heavy atom. The van der Waals surface area contributed by atoms with Gasteiger partial charge in [-0.05, 0) is 74.8 Å². The number of amides is 1. The zero-order chi connectivity index (χ0) is 22.0. The van der Waals surface area contributed by atoms with Crippen LogP contribution in [-0.4, -0.2) is 54.3 Å². The molecule has 0 radical (unpaired) electrons. The Morgan fingerprint density at radius 3 is 2.29 bits per heavy atom. The van der Waals surface area contributed by atoms with E-state index >= 15 is 0 Å². The number of sulfone groups is 1. The van der Waals surface area contributed by atoms with Crippen molar-refractivity contribution in [2.45, 2.75) is 56.5 Å². The van der Waals surface area contributed by atoms with E-state index in [-0.39, 0.29) is 40.2 Å². The van der Waals surface area contributed by atoms with Gasteiger partial charge in [0.1, 0.15) is 5.69 Å². The predicted octanol–water partition coefficient (Wildman–Crippen LogP) is 3.23. The minimum Gasteiger partial charge on any atom is -0.374 e. The number of carbonyl (C=O) groups is 1. The zero-order valence-electron chi connectivity index (χ0n) is 17.7. The van der Waals surface area contributed by atoms with Crippen molar-refractivity contribution < 1.29 is 18.1 Å². The molecular formula is C22H29N3O5S. The molecule has 0 spiro atoms. The van der Waals surface area contributed by atoms with Gasteiger partial charge in [-0.2, -0.15) is 0 Å². The molecule has 1 unspecified atom stereocenters. The molecule has 4 bridgehead atoms. The Balaban J connectivity index is 1.38. The summed E-state index contributed by atoms with van der Waals surface area (Å²) in [5.41, 5.74) is 0.540. The molecule has 5 fully saturated rings. The topological polar surface area (TPSA) is 110 Å². The quantitative estimate of drug-likeness (QED) is 0.548. The molecule has 9 heteroatoms. The summed E-state index contributed by atoms with van der Waals surface area (Å²) < 4.78 is 23.5. The van der Waals surface area contributed by atoms with Gasteiger partial charge in [0.25, 0.3) is 11.6 Å². The fourth-order valence-corrected chi connectivity index (χ4v) is 8.70.